The molecule has 0 aliphatic heterocycles. The fraction of sp³-hybridized carbons (Fsp3) is 0.846. The SMILES string of the molecule is C=C[C@]1(C)C[C@@H](O[Si](C)(C)C(C)(C)C)C2(C)C(C)CCC3(CCC(=O)[C@H]32)[C@@H](C)C1=O. The maximum absolute atomic E-state index is 13.9. The number of ketones is 2. The highest BCUT2D eigenvalue weighted by atomic mass is 28.4. The van der Waals surface area contributed by atoms with Crippen molar-refractivity contribution in [1.82, 2.24) is 0 Å². The van der Waals surface area contributed by atoms with E-state index in [1.807, 2.05) is 6.08 Å². The van der Waals surface area contributed by atoms with E-state index >= 15 is 0 Å². The molecule has 0 aromatic rings. The first-order valence-electron chi connectivity index (χ1n) is 12.0. The first-order chi connectivity index (χ1) is 13.6. The van der Waals surface area contributed by atoms with Crippen molar-refractivity contribution < 1.29 is 14.0 Å². The van der Waals surface area contributed by atoms with Crippen LogP contribution in [0.4, 0.5) is 0 Å². The molecule has 2 bridgehead atoms. The van der Waals surface area contributed by atoms with Gasteiger partial charge in [0.1, 0.15) is 11.6 Å². The molecule has 3 rings (SSSR count). The average Bonchev–Trinajstić information content (AvgIpc) is 3.00. The first-order valence-corrected chi connectivity index (χ1v) is 14.9. The van der Waals surface area contributed by atoms with E-state index in [9.17, 15) is 9.59 Å². The largest absolute Gasteiger partial charge is 0.413 e. The maximum atomic E-state index is 13.9. The summed E-state index contributed by atoms with van der Waals surface area (Å²) in [5, 5.41) is 0.0717. The van der Waals surface area contributed by atoms with Gasteiger partial charge in [0.05, 0.1) is 6.10 Å². The topological polar surface area (TPSA) is 43.4 Å². The minimum atomic E-state index is -2.10. The van der Waals surface area contributed by atoms with Gasteiger partial charge in [-0.3, -0.25) is 9.59 Å². The molecular weight excluding hydrogens is 388 g/mol. The number of hydrogen-bond acceptors (Lipinski definition) is 3. The maximum Gasteiger partial charge on any atom is 0.192 e. The zero-order chi connectivity index (χ0) is 22.9. The molecule has 3 fully saturated rings. The van der Waals surface area contributed by atoms with E-state index in [0.29, 0.717) is 24.5 Å². The van der Waals surface area contributed by atoms with Crippen molar-refractivity contribution >= 4 is 19.9 Å². The number of Topliss-reactive ketones (excluding diaryl/α,β-unsaturated/α-hetero) is 2. The summed E-state index contributed by atoms with van der Waals surface area (Å²) in [6.07, 6.45) is 5.90. The predicted octanol–water partition coefficient (Wildman–Crippen LogP) is 6.58. The van der Waals surface area contributed by atoms with Crippen LogP contribution in [0.5, 0.6) is 0 Å². The Morgan fingerprint density at radius 3 is 2.27 bits per heavy atom. The highest BCUT2D eigenvalue weighted by Gasteiger charge is 2.68. The van der Waals surface area contributed by atoms with Gasteiger partial charge in [0.2, 0.25) is 0 Å². The zero-order valence-corrected chi connectivity index (χ0v) is 21.9. The quantitative estimate of drug-likeness (QED) is 0.374. The highest BCUT2D eigenvalue weighted by Crippen LogP contribution is 2.67. The van der Waals surface area contributed by atoms with Crippen LogP contribution >= 0.6 is 0 Å². The second kappa shape index (κ2) is 7.13. The molecule has 0 aromatic carbocycles. The number of carbonyl (C=O) groups is 2. The number of carbonyl (C=O) groups excluding carboxylic acids is 2. The molecule has 0 heterocycles. The van der Waals surface area contributed by atoms with Crippen LogP contribution in [-0.2, 0) is 14.0 Å². The fourth-order valence-electron chi connectivity index (χ4n) is 6.81. The second-order valence-corrected chi connectivity index (χ2v) is 17.5. The molecule has 7 atom stereocenters. The Labute approximate surface area is 185 Å². The molecule has 3 aliphatic carbocycles. The molecule has 0 radical (unpaired) electrons. The number of hydrogen-bond donors (Lipinski definition) is 0. The molecule has 3 aliphatic rings. The van der Waals surface area contributed by atoms with Crippen molar-refractivity contribution in [2.75, 3.05) is 0 Å². The van der Waals surface area contributed by atoms with Gasteiger partial charge in [-0.2, -0.15) is 0 Å². The summed E-state index contributed by atoms with van der Waals surface area (Å²) in [4.78, 5) is 27.3. The van der Waals surface area contributed by atoms with Crippen LogP contribution in [0.25, 0.3) is 0 Å². The van der Waals surface area contributed by atoms with E-state index in [1.54, 1.807) is 0 Å². The molecule has 0 aromatic heterocycles. The Morgan fingerprint density at radius 1 is 1.13 bits per heavy atom. The van der Waals surface area contributed by atoms with Gasteiger partial charge in [0, 0.05) is 29.1 Å². The third-order valence-corrected chi connectivity index (χ3v) is 14.8. The lowest BCUT2D eigenvalue weighted by atomic mass is 9.44. The normalized spacial score (nSPS) is 45.0. The van der Waals surface area contributed by atoms with E-state index in [0.717, 1.165) is 19.3 Å². The van der Waals surface area contributed by atoms with Crippen LogP contribution in [0.2, 0.25) is 18.1 Å². The third-order valence-electron chi connectivity index (χ3n) is 10.3. The summed E-state index contributed by atoms with van der Waals surface area (Å²) >= 11 is 0. The van der Waals surface area contributed by atoms with Crippen molar-refractivity contribution in [3.05, 3.63) is 12.7 Å². The van der Waals surface area contributed by atoms with Gasteiger partial charge >= 0.3 is 0 Å². The van der Waals surface area contributed by atoms with E-state index in [4.69, 9.17) is 4.43 Å². The van der Waals surface area contributed by atoms with Crippen LogP contribution in [0.1, 0.15) is 80.6 Å². The minimum Gasteiger partial charge on any atom is -0.413 e. The number of rotatable bonds is 3. The van der Waals surface area contributed by atoms with Crippen LogP contribution < -0.4 is 0 Å². The van der Waals surface area contributed by atoms with Crippen molar-refractivity contribution in [3.8, 4) is 0 Å². The van der Waals surface area contributed by atoms with Gasteiger partial charge < -0.3 is 4.43 Å². The monoisotopic (exact) mass is 432 g/mol. The Morgan fingerprint density at radius 2 is 1.73 bits per heavy atom. The predicted molar refractivity (Wildman–Crippen MR) is 126 cm³/mol. The number of allylic oxidation sites excluding steroid dienone is 1. The Hall–Kier alpha value is -0.743. The molecule has 3 nitrogen and oxygen atoms in total. The summed E-state index contributed by atoms with van der Waals surface area (Å²) in [7, 11) is -2.10. The molecule has 0 amide bonds. The molecular formula is C26H44O3Si. The van der Waals surface area contributed by atoms with Crippen LogP contribution in [0, 0.1) is 34.0 Å². The van der Waals surface area contributed by atoms with Gasteiger partial charge in [0.15, 0.2) is 8.32 Å². The lowest BCUT2D eigenvalue weighted by molar-refractivity contribution is -0.173. The molecule has 3 unspecified atom stereocenters. The summed E-state index contributed by atoms with van der Waals surface area (Å²) in [5.74, 6) is 0.837. The average molecular weight is 433 g/mol. The molecule has 0 saturated heterocycles. The van der Waals surface area contributed by atoms with Gasteiger partial charge in [-0.15, -0.1) is 6.58 Å². The minimum absolute atomic E-state index is 0.0717. The molecule has 3 saturated carbocycles. The molecule has 0 spiro atoms. The Balaban J connectivity index is 2.23. The Bertz CT molecular complexity index is 750. The van der Waals surface area contributed by atoms with Crippen LogP contribution in [0.15, 0.2) is 12.7 Å². The summed E-state index contributed by atoms with van der Waals surface area (Å²) in [6, 6.07) is 0. The van der Waals surface area contributed by atoms with Crippen molar-refractivity contribution in [1.29, 1.82) is 0 Å². The van der Waals surface area contributed by atoms with Gasteiger partial charge in [-0.25, -0.2) is 0 Å². The fourth-order valence-corrected chi connectivity index (χ4v) is 8.22. The van der Waals surface area contributed by atoms with Crippen molar-refractivity contribution in [2.24, 2.45) is 34.0 Å². The second-order valence-electron chi connectivity index (χ2n) is 12.7. The van der Waals surface area contributed by atoms with E-state index < -0.39 is 13.7 Å². The highest BCUT2D eigenvalue weighted by molar-refractivity contribution is 6.74. The van der Waals surface area contributed by atoms with Crippen molar-refractivity contribution in [2.45, 2.75) is 105 Å². The Kier molecular flexibility index (Phi) is 5.68. The third kappa shape index (κ3) is 3.15. The van der Waals surface area contributed by atoms with E-state index in [-0.39, 0.29) is 39.6 Å². The summed E-state index contributed by atoms with van der Waals surface area (Å²) in [6.45, 7) is 24.3. The van der Waals surface area contributed by atoms with E-state index in [2.05, 4.69) is 68.1 Å². The molecule has 4 heteroatoms. The van der Waals surface area contributed by atoms with Crippen LogP contribution in [-0.4, -0.2) is 26.0 Å². The standard InChI is InChI=1S/C26H44O3Si/c1-11-24(7)16-20(29-30(9,10)23(4,5)6)25(8)17(2)12-14-26(18(3)22(24)28)15-13-19(27)21(25)26/h11,17-18,20-21H,1,12-16H2,2-10H3/t17?,18-,20+,21-,24+,25?,26?/m0/s1. The molecule has 170 valence electrons. The zero-order valence-electron chi connectivity index (χ0n) is 20.9. The lowest BCUT2D eigenvalue weighted by Crippen LogP contribution is -2.63. The summed E-state index contributed by atoms with van der Waals surface area (Å²) in [5.41, 5.74) is -1.08. The van der Waals surface area contributed by atoms with Gasteiger partial charge in [0.25, 0.3) is 0 Å². The summed E-state index contributed by atoms with van der Waals surface area (Å²) < 4.78 is 7.16. The van der Waals surface area contributed by atoms with E-state index in [1.165, 1.54) is 0 Å². The first kappa shape index (κ1) is 23.9. The lowest BCUT2D eigenvalue weighted by Gasteiger charge is -2.61. The van der Waals surface area contributed by atoms with Gasteiger partial charge in [-0.05, 0) is 62.1 Å². The van der Waals surface area contributed by atoms with Gasteiger partial charge in [-0.1, -0.05) is 47.6 Å². The van der Waals surface area contributed by atoms with Crippen molar-refractivity contribution in [3.63, 3.8) is 0 Å². The smallest absolute Gasteiger partial charge is 0.192 e. The molecule has 0 N–H and O–H groups in total. The molecule has 30 heavy (non-hydrogen) atoms. The van der Waals surface area contributed by atoms with Crippen LogP contribution in [0.3, 0.4) is 0 Å².